The fraction of sp³-hybridized carbons (Fsp3) is 0.647. The first-order chi connectivity index (χ1) is 9.61. The molecular formula is C17H28N2O. The Morgan fingerprint density at radius 3 is 2.75 bits per heavy atom. The summed E-state index contributed by atoms with van der Waals surface area (Å²) in [7, 11) is 1.73. The second-order valence-electron chi connectivity index (χ2n) is 6.04. The number of nitrogens with zero attached hydrogens (tertiary/aromatic N) is 1. The molecule has 1 heterocycles. The van der Waals surface area contributed by atoms with Crippen molar-refractivity contribution < 1.29 is 4.74 Å². The summed E-state index contributed by atoms with van der Waals surface area (Å²) in [6.45, 7) is 9.15. The average molecular weight is 276 g/mol. The van der Waals surface area contributed by atoms with Gasteiger partial charge < -0.3 is 10.1 Å². The molecular weight excluding hydrogens is 248 g/mol. The average Bonchev–Trinajstić information content (AvgIpc) is 2.97. The Hall–Kier alpha value is -1.06. The lowest BCUT2D eigenvalue weighted by Crippen LogP contribution is -2.42. The molecule has 1 fully saturated rings. The summed E-state index contributed by atoms with van der Waals surface area (Å²) in [6, 6.07) is 10.0. The van der Waals surface area contributed by atoms with E-state index in [1.165, 1.54) is 24.9 Å². The molecule has 0 amide bonds. The zero-order chi connectivity index (χ0) is 14.5. The molecule has 2 unspecified atom stereocenters. The van der Waals surface area contributed by atoms with E-state index < -0.39 is 0 Å². The standard InChI is InChI=1S/C17H28N2O/c1-13(2)19(12-16-8-6-10-18-16)14(3)15-7-5-9-17(11-15)20-4/h5,7,9,11,13-14,16,18H,6,8,10,12H2,1-4H3. The third-order valence-electron chi connectivity index (χ3n) is 4.33. The predicted octanol–water partition coefficient (Wildman–Crippen LogP) is 3.22. The highest BCUT2D eigenvalue weighted by atomic mass is 16.5. The molecule has 0 radical (unpaired) electrons. The van der Waals surface area contributed by atoms with Gasteiger partial charge in [-0.1, -0.05) is 12.1 Å². The number of hydrogen-bond donors (Lipinski definition) is 1. The van der Waals surface area contributed by atoms with Crippen molar-refractivity contribution in [2.24, 2.45) is 0 Å². The van der Waals surface area contributed by atoms with E-state index in [9.17, 15) is 0 Å². The van der Waals surface area contributed by atoms with E-state index in [-0.39, 0.29) is 0 Å². The quantitative estimate of drug-likeness (QED) is 0.863. The summed E-state index contributed by atoms with van der Waals surface area (Å²) in [5.74, 6) is 0.942. The Balaban J connectivity index is 2.10. The van der Waals surface area contributed by atoms with Crippen molar-refractivity contribution in [3.05, 3.63) is 29.8 Å². The van der Waals surface area contributed by atoms with Crippen LogP contribution in [0.15, 0.2) is 24.3 Å². The van der Waals surface area contributed by atoms with Crippen LogP contribution in [0.2, 0.25) is 0 Å². The highest BCUT2D eigenvalue weighted by Crippen LogP contribution is 2.26. The summed E-state index contributed by atoms with van der Waals surface area (Å²) in [5.41, 5.74) is 1.33. The minimum atomic E-state index is 0.410. The van der Waals surface area contributed by atoms with Gasteiger partial charge in [0.25, 0.3) is 0 Å². The van der Waals surface area contributed by atoms with Gasteiger partial charge in [-0.2, -0.15) is 0 Å². The van der Waals surface area contributed by atoms with Gasteiger partial charge >= 0.3 is 0 Å². The highest BCUT2D eigenvalue weighted by Gasteiger charge is 2.24. The van der Waals surface area contributed by atoms with Gasteiger partial charge in [-0.15, -0.1) is 0 Å². The number of nitrogens with one attached hydrogen (secondary N) is 1. The molecule has 1 aliphatic rings. The third-order valence-corrected chi connectivity index (χ3v) is 4.33. The second-order valence-corrected chi connectivity index (χ2v) is 6.04. The van der Waals surface area contributed by atoms with Crippen LogP contribution in [0.3, 0.4) is 0 Å². The summed E-state index contributed by atoms with van der Waals surface area (Å²) in [4.78, 5) is 2.58. The SMILES string of the molecule is COc1cccc(C(C)N(CC2CCCN2)C(C)C)c1. The van der Waals surface area contributed by atoms with Crippen LogP contribution in [0.5, 0.6) is 5.75 Å². The van der Waals surface area contributed by atoms with Crippen LogP contribution in [0.4, 0.5) is 0 Å². The zero-order valence-corrected chi connectivity index (χ0v) is 13.2. The van der Waals surface area contributed by atoms with E-state index in [2.05, 4.69) is 49.2 Å². The number of rotatable bonds is 6. The van der Waals surface area contributed by atoms with E-state index in [0.29, 0.717) is 18.1 Å². The fourth-order valence-corrected chi connectivity index (χ4v) is 3.08. The molecule has 0 bridgehead atoms. The Morgan fingerprint density at radius 1 is 1.35 bits per heavy atom. The van der Waals surface area contributed by atoms with E-state index >= 15 is 0 Å². The maximum Gasteiger partial charge on any atom is 0.119 e. The van der Waals surface area contributed by atoms with Crippen LogP contribution in [0, 0.1) is 0 Å². The smallest absolute Gasteiger partial charge is 0.119 e. The zero-order valence-electron chi connectivity index (χ0n) is 13.2. The maximum atomic E-state index is 5.35. The third kappa shape index (κ3) is 3.74. The van der Waals surface area contributed by atoms with E-state index in [4.69, 9.17) is 4.74 Å². The summed E-state index contributed by atoms with van der Waals surface area (Å²) in [6.07, 6.45) is 2.61. The van der Waals surface area contributed by atoms with Crippen LogP contribution in [-0.4, -0.2) is 37.2 Å². The van der Waals surface area contributed by atoms with E-state index in [1.54, 1.807) is 7.11 Å². The molecule has 1 aliphatic heterocycles. The van der Waals surface area contributed by atoms with E-state index in [1.807, 2.05) is 6.07 Å². The van der Waals surface area contributed by atoms with Crippen LogP contribution in [0.25, 0.3) is 0 Å². The summed E-state index contributed by atoms with van der Waals surface area (Å²) in [5, 5.41) is 3.60. The van der Waals surface area contributed by atoms with Crippen LogP contribution in [-0.2, 0) is 0 Å². The van der Waals surface area contributed by atoms with Crippen LogP contribution >= 0.6 is 0 Å². The van der Waals surface area contributed by atoms with Gasteiger partial charge in [0.15, 0.2) is 0 Å². The lowest BCUT2D eigenvalue weighted by molar-refractivity contribution is 0.149. The molecule has 0 aromatic heterocycles. The molecule has 3 heteroatoms. The molecule has 1 aromatic rings. The molecule has 1 saturated heterocycles. The maximum absolute atomic E-state index is 5.35. The van der Waals surface area contributed by atoms with Gasteiger partial charge in [0.05, 0.1) is 7.11 Å². The molecule has 2 rings (SSSR count). The van der Waals surface area contributed by atoms with Gasteiger partial charge in [0, 0.05) is 24.7 Å². The van der Waals surface area contributed by atoms with Crippen molar-refractivity contribution in [3.8, 4) is 5.75 Å². The summed E-state index contributed by atoms with van der Waals surface area (Å²) >= 11 is 0. The first kappa shape index (κ1) is 15.3. The number of ether oxygens (including phenoxy) is 1. The Kier molecular flexibility index (Phi) is 5.44. The lowest BCUT2D eigenvalue weighted by Gasteiger charge is -2.35. The van der Waals surface area contributed by atoms with E-state index in [0.717, 1.165) is 12.3 Å². The van der Waals surface area contributed by atoms with Gasteiger partial charge in [0.1, 0.15) is 5.75 Å². The Morgan fingerprint density at radius 2 is 2.15 bits per heavy atom. The van der Waals surface area contributed by atoms with Gasteiger partial charge in [0.2, 0.25) is 0 Å². The molecule has 0 aliphatic carbocycles. The molecule has 112 valence electrons. The molecule has 0 spiro atoms. The molecule has 0 saturated carbocycles. The minimum absolute atomic E-state index is 0.410. The van der Waals surface area contributed by atoms with Crippen molar-refractivity contribution >= 4 is 0 Å². The van der Waals surface area contributed by atoms with Gasteiger partial charge in [-0.05, 0) is 57.9 Å². The number of hydrogen-bond acceptors (Lipinski definition) is 3. The highest BCUT2D eigenvalue weighted by molar-refractivity contribution is 5.30. The minimum Gasteiger partial charge on any atom is -0.497 e. The molecule has 20 heavy (non-hydrogen) atoms. The summed E-state index contributed by atoms with van der Waals surface area (Å²) < 4.78 is 5.35. The van der Waals surface area contributed by atoms with Gasteiger partial charge in [-0.25, -0.2) is 0 Å². The number of methoxy groups -OCH3 is 1. The second kappa shape index (κ2) is 7.09. The number of benzene rings is 1. The monoisotopic (exact) mass is 276 g/mol. The Bertz CT molecular complexity index is 413. The van der Waals surface area contributed by atoms with Gasteiger partial charge in [-0.3, -0.25) is 4.90 Å². The first-order valence-corrected chi connectivity index (χ1v) is 7.75. The molecule has 1 N–H and O–H groups in total. The van der Waals surface area contributed by atoms with Crippen LogP contribution in [0.1, 0.15) is 45.2 Å². The van der Waals surface area contributed by atoms with Crippen molar-refractivity contribution in [1.29, 1.82) is 0 Å². The van der Waals surface area contributed by atoms with Crippen molar-refractivity contribution in [1.82, 2.24) is 10.2 Å². The van der Waals surface area contributed by atoms with Crippen LogP contribution < -0.4 is 10.1 Å². The molecule has 3 nitrogen and oxygen atoms in total. The first-order valence-electron chi connectivity index (χ1n) is 7.75. The Labute approximate surface area is 123 Å². The predicted molar refractivity (Wildman–Crippen MR) is 84.3 cm³/mol. The van der Waals surface area contributed by atoms with Crippen molar-refractivity contribution in [2.45, 2.75) is 51.7 Å². The van der Waals surface area contributed by atoms with Crippen molar-refractivity contribution in [2.75, 3.05) is 20.2 Å². The normalized spacial score (nSPS) is 20.6. The molecule has 2 atom stereocenters. The largest absolute Gasteiger partial charge is 0.497 e. The topological polar surface area (TPSA) is 24.5 Å². The van der Waals surface area contributed by atoms with Crippen molar-refractivity contribution in [3.63, 3.8) is 0 Å². The fourth-order valence-electron chi connectivity index (χ4n) is 3.08. The lowest BCUT2D eigenvalue weighted by atomic mass is 10.0. The molecule has 1 aromatic carbocycles.